The second-order valence-electron chi connectivity index (χ2n) is 6.30. The average molecular weight is 423 g/mol. The summed E-state index contributed by atoms with van der Waals surface area (Å²) in [4.78, 5) is 16.9. The van der Waals surface area contributed by atoms with Gasteiger partial charge in [-0.3, -0.25) is 10.1 Å². The molecule has 0 bridgehead atoms. The molecule has 3 aromatic rings. The summed E-state index contributed by atoms with van der Waals surface area (Å²) in [5.41, 5.74) is 2.28. The Labute approximate surface area is 167 Å². The number of unbranched alkanes of at least 4 members (excludes halogenated alkanes) is 1. The minimum absolute atomic E-state index is 0.0679. The Balaban J connectivity index is 1.83. The lowest BCUT2D eigenvalue weighted by molar-refractivity contribution is 0.102. The van der Waals surface area contributed by atoms with Gasteiger partial charge in [0.05, 0.1) is 20.1 Å². The maximum absolute atomic E-state index is 12.5. The van der Waals surface area contributed by atoms with Gasteiger partial charge in [0.25, 0.3) is 5.91 Å². The van der Waals surface area contributed by atoms with Crippen LogP contribution < -0.4 is 5.32 Å². The molecule has 0 spiro atoms. The lowest BCUT2D eigenvalue weighted by Gasteiger charge is -2.06. The molecule has 0 unspecified atom stereocenters. The van der Waals surface area contributed by atoms with Gasteiger partial charge in [0.1, 0.15) is 0 Å². The van der Waals surface area contributed by atoms with Crippen molar-refractivity contribution >= 4 is 54.0 Å². The zero-order valence-corrected chi connectivity index (χ0v) is 17.3. The molecule has 1 amide bonds. The number of hydrogen-bond acceptors (Lipinski definition) is 5. The Kier molecular flexibility index (Phi) is 5.83. The van der Waals surface area contributed by atoms with E-state index in [2.05, 4.69) is 29.4 Å². The highest BCUT2D eigenvalue weighted by atomic mass is 35.5. The van der Waals surface area contributed by atoms with E-state index < -0.39 is 15.7 Å². The number of sulfone groups is 1. The predicted molar refractivity (Wildman–Crippen MR) is 111 cm³/mol. The van der Waals surface area contributed by atoms with Gasteiger partial charge in [-0.05, 0) is 48.7 Å². The third-order valence-corrected chi connectivity index (χ3v) is 6.60. The predicted octanol–water partition coefficient (Wildman–Crippen LogP) is 4.95. The number of aryl methyl sites for hydroxylation is 1. The smallest absolute Gasteiger partial charge is 0.257 e. The Hall–Kier alpha value is -1.96. The van der Waals surface area contributed by atoms with Crippen molar-refractivity contribution in [1.29, 1.82) is 0 Å². The van der Waals surface area contributed by atoms with E-state index in [1.54, 1.807) is 0 Å². The van der Waals surface area contributed by atoms with Crippen LogP contribution in [0.15, 0.2) is 41.3 Å². The first-order chi connectivity index (χ1) is 12.8. The molecule has 0 saturated heterocycles. The summed E-state index contributed by atoms with van der Waals surface area (Å²) in [7, 11) is -3.52. The van der Waals surface area contributed by atoms with E-state index in [9.17, 15) is 13.2 Å². The van der Waals surface area contributed by atoms with Gasteiger partial charge in [0.2, 0.25) is 0 Å². The zero-order valence-electron chi connectivity index (χ0n) is 15.0. The Morgan fingerprint density at radius 1 is 1.22 bits per heavy atom. The van der Waals surface area contributed by atoms with Crippen LogP contribution in [0, 0.1) is 0 Å². The summed E-state index contributed by atoms with van der Waals surface area (Å²) in [6.45, 7) is 2.16. The maximum Gasteiger partial charge on any atom is 0.257 e. The molecule has 0 aliphatic heterocycles. The number of anilines is 1. The SMILES string of the molecule is CCCCc1ccc2nc(NC(=O)c3ccc(Cl)c(S(C)(=O)=O)c3)sc2c1. The number of carbonyl (C=O) groups excluding carboxylic acids is 1. The first-order valence-corrected chi connectivity index (χ1v) is 11.6. The number of nitrogens with zero attached hydrogens (tertiary/aromatic N) is 1. The molecular formula is C19H19ClN2O3S2. The fourth-order valence-corrected chi connectivity index (χ4v) is 4.88. The molecule has 1 N–H and O–H groups in total. The standard InChI is InChI=1S/C19H19ClN2O3S2/c1-3-4-5-12-6-9-15-16(10-12)26-19(21-15)22-18(23)13-7-8-14(20)17(11-13)27(2,24)25/h6-11H,3-5H2,1-2H3,(H,21,22,23). The van der Waals surface area contributed by atoms with Crippen molar-refractivity contribution in [2.45, 2.75) is 31.1 Å². The lowest BCUT2D eigenvalue weighted by atomic mass is 10.1. The molecule has 0 saturated carbocycles. The molecule has 0 radical (unpaired) electrons. The van der Waals surface area contributed by atoms with Gasteiger partial charge >= 0.3 is 0 Å². The molecule has 8 heteroatoms. The van der Waals surface area contributed by atoms with Crippen molar-refractivity contribution in [3.8, 4) is 0 Å². The first kappa shape index (κ1) is 19.8. The van der Waals surface area contributed by atoms with E-state index in [1.807, 2.05) is 6.07 Å². The fourth-order valence-electron chi connectivity index (χ4n) is 2.66. The fraction of sp³-hybridized carbons (Fsp3) is 0.263. The van der Waals surface area contributed by atoms with Crippen molar-refractivity contribution < 1.29 is 13.2 Å². The van der Waals surface area contributed by atoms with E-state index in [4.69, 9.17) is 11.6 Å². The third kappa shape index (κ3) is 4.66. The Morgan fingerprint density at radius 3 is 2.70 bits per heavy atom. The van der Waals surface area contributed by atoms with Crippen LogP contribution in [-0.2, 0) is 16.3 Å². The molecule has 0 fully saturated rings. The summed E-state index contributed by atoms with van der Waals surface area (Å²) in [6.07, 6.45) is 4.34. The van der Waals surface area contributed by atoms with Gasteiger partial charge in [-0.2, -0.15) is 0 Å². The summed E-state index contributed by atoms with van der Waals surface area (Å²) in [5, 5.41) is 3.30. The number of amides is 1. The van der Waals surface area contributed by atoms with Crippen molar-refractivity contribution in [1.82, 2.24) is 4.98 Å². The van der Waals surface area contributed by atoms with Crippen molar-refractivity contribution in [3.05, 3.63) is 52.5 Å². The third-order valence-electron chi connectivity index (χ3n) is 4.09. The molecule has 0 aliphatic rings. The van der Waals surface area contributed by atoms with Crippen LogP contribution in [0.25, 0.3) is 10.2 Å². The number of aromatic nitrogens is 1. The maximum atomic E-state index is 12.5. The van der Waals surface area contributed by atoms with E-state index in [0.29, 0.717) is 5.13 Å². The second kappa shape index (κ2) is 7.96. The van der Waals surface area contributed by atoms with Crippen LogP contribution in [0.4, 0.5) is 5.13 Å². The Morgan fingerprint density at radius 2 is 2.00 bits per heavy atom. The number of fused-ring (bicyclic) bond motifs is 1. The van der Waals surface area contributed by atoms with E-state index in [0.717, 1.165) is 35.7 Å². The summed E-state index contributed by atoms with van der Waals surface area (Å²) >= 11 is 7.32. The topological polar surface area (TPSA) is 76.1 Å². The molecule has 1 heterocycles. The highest BCUT2D eigenvalue weighted by Crippen LogP contribution is 2.28. The minimum atomic E-state index is -3.52. The monoisotopic (exact) mass is 422 g/mol. The van der Waals surface area contributed by atoms with Crippen LogP contribution in [0.5, 0.6) is 0 Å². The largest absolute Gasteiger partial charge is 0.298 e. The number of thiazole rings is 1. The van der Waals surface area contributed by atoms with Crippen LogP contribution >= 0.6 is 22.9 Å². The molecule has 0 atom stereocenters. The van der Waals surface area contributed by atoms with Crippen LogP contribution in [0.1, 0.15) is 35.7 Å². The lowest BCUT2D eigenvalue weighted by Crippen LogP contribution is -2.12. The highest BCUT2D eigenvalue weighted by Gasteiger charge is 2.17. The van der Waals surface area contributed by atoms with Gasteiger partial charge in [0.15, 0.2) is 15.0 Å². The number of rotatable bonds is 6. The summed E-state index contributed by atoms with van der Waals surface area (Å²) in [6, 6.07) is 10.3. The number of nitrogens with one attached hydrogen (secondary N) is 1. The zero-order chi connectivity index (χ0) is 19.6. The van der Waals surface area contributed by atoms with E-state index in [1.165, 1.54) is 35.1 Å². The van der Waals surface area contributed by atoms with Gasteiger partial charge in [-0.25, -0.2) is 13.4 Å². The Bertz CT molecular complexity index is 1110. The number of halogens is 1. The molecule has 0 aliphatic carbocycles. The van der Waals surface area contributed by atoms with Crippen molar-refractivity contribution in [2.24, 2.45) is 0 Å². The van der Waals surface area contributed by atoms with Gasteiger partial charge in [-0.1, -0.05) is 42.3 Å². The minimum Gasteiger partial charge on any atom is -0.298 e. The molecule has 2 aromatic carbocycles. The van der Waals surface area contributed by atoms with Crippen molar-refractivity contribution in [3.63, 3.8) is 0 Å². The molecular weight excluding hydrogens is 404 g/mol. The summed E-state index contributed by atoms with van der Waals surface area (Å²) < 4.78 is 24.6. The number of benzene rings is 2. The first-order valence-electron chi connectivity index (χ1n) is 8.48. The van der Waals surface area contributed by atoms with Crippen LogP contribution in [-0.4, -0.2) is 25.6 Å². The van der Waals surface area contributed by atoms with Gasteiger partial charge in [-0.15, -0.1) is 0 Å². The second-order valence-corrected chi connectivity index (χ2v) is 9.72. The molecule has 5 nitrogen and oxygen atoms in total. The molecule has 142 valence electrons. The van der Waals surface area contributed by atoms with E-state index in [-0.39, 0.29) is 15.5 Å². The quantitative estimate of drug-likeness (QED) is 0.609. The highest BCUT2D eigenvalue weighted by molar-refractivity contribution is 7.90. The average Bonchev–Trinajstić information content (AvgIpc) is 3.00. The number of carbonyl (C=O) groups is 1. The van der Waals surface area contributed by atoms with Crippen LogP contribution in [0.3, 0.4) is 0 Å². The van der Waals surface area contributed by atoms with Crippen molar-refractivity contribution in [2.75, 3.05) is 11.6 Å². The molecule has 1 aromatic heterocycles. The van der Waals surface area contributed by atoms with Gasteiger partial charge < -0.3 is 0 Å². The van der Waals surface area contributed by atoms with Gasteiger partial charge in [0, 0.05) is 11.8 Å². The molecule has 27 heavy (non-hydrogen) atoms. The van der Waals surface area contributed by atoms with E-state index >= 15 is 0 Å². The normalized spacial score (nSPS) is 11.7. The number of hydrogen-bond donors (Lipinski definition) is 1. The summed E-state index contributed by atoms with van der Waals surface area (Å²) in [5.74, 6) is -0.429. The van der Waals surface area contributed by atoms with Crippen LogP contribution in [0.2, 0.25) is 5.02 Å². The molecule has 3 rings (SSSR count).